The van der Waals surface area contributed by atoms with Gasteiger partial charge in [-0.25, -0.2) is 0 Å². The van der Waals surface area contributed by atoms with Crippen LogP contribution in [-0.4, -0.2) is 11.1 Å². The summed E-state index contributed by atoms with van der Waals surface area (Å²) in [4.78, 5) is 12.6. The van der Waals surface area contributed by atoms with E-state index in [0.717, 1.165) is 22.4 Å². The first-order chi connectivity index (χ1) is 11.6. The summed E-state index contributed by atoms with van der Waals surface area (Å²) in [7, 11) is 0. The number of aromatic nitrogens is 1. The molecule has 0 saturated carbocycles. The van der Waals surface area contributed by atoms with Crippen molar-refractivity contribution >= 4 is 5.91 Å². The molecule has 0 aliphatic rings. The molecule has 122 valence electrons. The van der Waals surface area contributed by atoms with Crippen molar-refractivity contribution in [2.45, 2.75) is 26.3 Å². The largest absolute Gasteiger partial charge is 0.361 e. The summed E-state index contributed by atoms with van der Waals surface area (Å²) in [6.45, 7) is 3.68. The van der Waals surface area contributed by atoms with Gasteiger partial charge in [-0.15, -0.1) is 0 Å². The van der Waals surface area contributed by atoms with Crippen molar-refractivity contribution in [3.8, 4) is 0 Å². The van der Waals surface area contributed by atoms with E-state index in [1.165, 1.54) is 0 Å². The molecule has 4 heteroatoms. The third-order valence-corrected chi connectivity index (χ3v) is 4.09. The van der Waals surface area contributed by atoms with Crippen molar-refractivity contribution < 1.29 is 9.32 Å². The summed E-state index contributed by atoms with van der Waals surface area (Å²) < 4.78 is 5.14. The van der Waals surface area contributed by atoms with Gasteiger partial charge in [0.25, 0.3) is 0 Å². The molecule has 2 aromatic carbocycles. The van der Waals surface area contributed by atoms with Gasteiger partial charge in [0.05, 0.1) is 18.2 Å². The topological polar surface area (TPSA) is 55.1 Å². The molecule has 3 rings (SSSR count). The molecular weight excluding hydrogens is 300 g/mol. The predicted molar refractivity (Wildman–Crippen MR) is 92.6 cm³/mol. The molecule has 1 N–H and O–H groups in total. The van der Waals surface area contributed by atoms with E-state index in [9.17, 15) is 4.79 Å². The monoisotopic (exact) mass is 320 g/mol. The van der Waals surface area contributed by atoms with Crippen LogP contribution in [0.25, 0.3) is 0 Å². The van der Waals surface area contributed by atoms with Crippen LogP contribution < -0.4 is 5.32 Å². The second kappa shape index (κ2) is 7.13. The van der Waals surface area contributed by atoms with Gasteiger partial charge in [0, 0.05) is 5.56 Å². The first-order valence-corrected chi connectivity index (χ1v) is 7.96. The Kier molecular flexibility index (Phi) is 4.75. The highest BCUT2D eigenvalue weighted by Crippen LogP contribution is 2.22. The van der Waals surface area contributed by atoms with Crippen molar-refractivity contribution in [1.29, 1.82) is 0 Å². The summed E-state index contributed by atoms with van der Waals surface area (Å²) >= 11 is 0. The minimum absolute atomic E-state index is 0.0536. The van der Waals surface area contributed by atoms with E-state index >= 15 is 0 Å². The minimum atomic E-state index is -0.180. The Hall–Kier alpha value is -2.88. The summed E-state index contributed by atoms with van der Waals surface area (Å²) in [5, 5.41) is 7.04. The molecule has 1 amide bonds. The molecule has 1 aromatic heterocycles. The van der Waals surface area contributed by atoms with Crippen LogP contribution in [0.15, 0.2) is 65.2 Å². The number of nitrogens with one attached hydrogen (secondary N) is 1. The van der Waals surface area contributed by atoms with Crippen LogP contribution in [0.3, 0.4) is 0 Å². The van der Waals surface area contributed by atoms with Crippen molar-refractivity contribution in [2.75, 3.05) is 0 Å². The van der Waals surface area contributed by atoms with Crippen LogP contribution in [0.5, 0.6) is 0 Å². The molecule has 0 saturated heterocycles. The zero-order valence-electron chi connectivity index (χ0n) is 13.8. The van der Waals surface area contributed by atoms with E-state index in [-0.39, 0.29) is 18.4 Å². The fourth-order valence-electron chi connectivity index (χ4n) is 2.78. The van der Waals surface area contributed by atoms with Gasteiger partial charge in [-0.05, 0) is 25.0 Å². The molecule has 0 aliphatic carbocycles. The van der Waals surface area contributed by atoms with Gasteiger partial charge in [0.15, 0.2) is 0 Å². The predicted octanol–water partition coefficient (Wildman–Crippen LogP) is 3.74. The molecule has 0 fully saturated rings. The van der Waals surface area contributed by atoms with Crippen LogP contribution >= 0.6 is 0 Å². The normalized spacial score (nSPS) is 10.8. The maximum Gasteiger partial charge on any atom is 0.225 e. The number of carbonyl (C=O) groups is 1. The number of amides is 1. The van der Waals surface area contributed by atoms with Crippen LogP contribution in [0, 0.1) is 13.8 Å². The average Bonchev–Trinajstić information content (AvgIpc) is 2.93. The number of nitrogens with zero attached hydrogens (tertiary/aromatic N) is 1. The lowest BCUT2D eigenvalue weighted by atomic mass is 9.98. The fraction of sp³-hybridized carbons (Fsp3) is 0.200. The second-order valence-corrected chi connectivity index (χ2v) is 5.80. The summed E-state index contributed by atoms with van der Waals surface area (Å²) in [5.41, 5.74) is 3.72. The molecule has 0 spiro atoms. The number of aryl methyl sites for hydroxylation is 2. The van der Waals surface area contributed by atoms with Gasteiger partial charge in [-0.2, -0.15) is 0 Å². The third-order valence-electron chi connectivity index (χ3n) is 4.09. The van der Waals surface area contributed by atoms with Crippen LogP contribution in [0.1, 0.15) is 34.2 Å². The Labute approximate surface area is 141 Å². The lowest BCUT2D eigenvalue weighted by molar-refractivity contribution is -0.121. The van der Waals surface area contributed by atoms with Crippen LogP contribution in [0.2, 0.25) is 0 Å². The molecule has 24 heavy (non-hydrogen) atoms. The molecule has 4 nitrogen and oxygen atoms in total. The molecule has 0 atom stereocenters. The molecule has 3 aromatic rings. The van der Waals surface area contributed by atoms with E-state index in [2.05, 4.69) is 10.5 Å². The molecule has 1 heterocycles. The van der Waals surface area contributed by atoms with Crippen molar-refractivity contribution in [1.82, 2.24) is 10.5 Å². The lowest BCUT2D eigenvalue weighted by Gasteiger charge is -2.20. The fourth-order valence-corrected chi connectivity index (χ4v) is 2.78. The van der Waals surface area contributed by atoms with Crippen molar-refractivity contribution in [3.05, 3.63) is 88.8 Å². The van der Waals surface area contributed by atoms with Gasteiger partial charge in [-0.3, -0.25) is 4.79 Å². The zero-order chi connectivity index (χ0) is 16.9. The molecular formula is C20H20N2O2. The standard InChI is InChI=1S/C20H20N2O2/c1-14-18(15(2)24-22-14)13-19(23)21-20(16-9-5-3-6-10-16)17-11-7-4-8-12-17/h3-12,20H,13H2,1-2H3,(H,21,23). The average molecular weight is 320 g/mol. The first-order valence-electron chi connectivity index (χ1n) is 7.96. The Balaban J connectivity index is 1.83. The van der Waals surface area contributed by atoms with Gasteiger partial charge >= 0.3 is 0 Å². The summed E-state index contributed by atoms with van der Waals surface area (Å²) in [6.07, 6.45) is 0.261. The number of carbonyl (C=O) groups excluding carboxylic acids is 1. The zero-order valence-corrected chi connectivity index (χ0v) is 13.8. The van der Waals surface area contributed by atoms with E-state index in [4.69, 9.17) is 4.52 Å². The Morgan fingerprint density at radius 1 is 1.00 bits per heavy atom. The molecule has 0 aliphatic heterocycles. The number of benzene rings is 2. The van der Waals surface area contributed by atoms with E-state index in [1.807, 2.05) is 74.5 Å². The Morgan fingerprint density at radius 3 is 2.00 bits per heavy atom. The summed E-state index contributed by atoms with van der Waals surface area (Å²) in [5.74, 6) is 0.640. The minimum Gasteiger partial charge on any atom is -0.361 e. The molecule has 0 bridgehead atoms. The van der Waals surface area contributed by atoms with E-state index in [0.29, 0.717) is 5.76 Å². The molecule has 0 unspecified atom stereocenters. The molecule has 0 radical (unpaired) electrons. The van der Waals surface area contributed by atoms with Gasteiger partial charge in [-0.1, -0.05) is 65.8 Å². The SMILES string of the molecule is Cc1noc(C)c1CC(=O)NC(c1ccccc1)c1ccccc1. The Morgan fingerprint density at radius 2 is 1.54 bits per heavy atom. The first kappa shape index (κ1) is 16.0. The highest BCUT2D eigenvalue weighted by molar-refractivity contribution is 5.80. The van der Waals surface area contributed by atoms with E-state index < -0.39 is 0 Å². The number of rotatable bonds is 5. The van der Waals surface area contributed by atoms with Crippen LogP contribution in [0.4, 0.5) is 0 Å². The number of hydrogen-bond donors (Lipinski definition) is 1. The van der Waals surface area contributed by atoms with Gasteiger partial charge in [0.1, 0.15) is 5.76 Å². The quantitative estimate of drug-likeness (QED) is 0.779. The smallest absolute Gasteiger partial charge is 0.225 e. The van der Waals surface area contributed by atoms with Crippen molar-refractivity contribution in [3.63, 3.8) is 0 Å². The lowest BCUT2D eigenvalue weighted by Crippen LogP contribution is -2.30. The highest BCUT2D eigenvalue weighted by atomic mass is 16.5. The van der Waals surface area contributed by atoms with Gasteiger partial charge in [0.2, 0.25) is 5.91 Å². The Bertz CT molecular complexity index is 751. The highest BCUT2D eigenvalue weighted by Gasteiger charge is 2.19. The second-order valence-electron chi connectivity index (χ2n) is 5.80. The van der Waals surface area contributed by atoms with E-state index in [1.54, 1.807) is 0 Å². The maximum absolute atomic E-state index is 12.6. The van der Waals surface area contributed by atoms with Crippen LogP contribution in [-0.2, 0) is 11.2 Å². The maximum atomic E-state index is 12.6. The summed E-state index contributed by atoms with van der Waals surface area (Å²) in [6, 6.07) is 19.8. The third kappa shape index (κ3) is 3.54. The van der Waals surface area contributed by atoms with Gasteiger partial charge < -0.3 is 9.84 Å². The van der Waals surface area contributed by atoms with Crippen molar-refractivity contribution in [2.24, 2.45) is 0 Å². The number of hydrogen-bond acceptors (Lipinski definition) is 3.